The smallest absolute Gasteiger partial charge is 0.318 e. The van der Waals surface area contributed by atoms with E-state index in [2.05, 4.69) is 6.92 Å². The number of carboxylic acids is 1. The van der Waals surface area contributed by atoms with E-state index in [1.807, 2.05) is 60.7 Å². The van der Waals surface area contributed by atoms with Gasteiger partial charge in [-0.1, -0.05) is 67.6 Å². The van der Waals surface area contributed by atoms with Crippen molar-refractivity contribution in [2.45, 2.75) is 18.8 Å². The van der Waals surface area contributed by atoms with Crippen LogP contribution in [0.15, 0.2) is 60.7 Å². The Hall–Kier alpha value is -1.74. The van der Waals surface area contributed by atoms with E-state index in [1.54, 1.807) is 11.8 Å². The molecule has 2 aromatic carbocycles. The van der Waals surface area contributed by atoms with E-state index in [9.17, 15) is 9.90 Å². The number of hydrogen-bond acceptors (Lipinski definition) is 2. The van der Waals surface area contributed by atoms with Crippen molar-refractivity contribution >= 4 is 17.7 Å². The van der Waals surface area contributed by atoms with Gasteiger partial charge in [-0.05, 0) is 29.1 Å². The van der Waals surface area contributed by atoms with Gasteiger partial charge in [-0.2, -0.15) is 11.8 Å². The third kappa shape index (κ3) is 3.30. The van der Waals surface area contributed by atoms with E-state index >= 15 is 0 Å². The molecule has 0 aliphatic rings. The second-order valence-corrected chi connectivity index (χ2v) is 6.28. The van der Waals surface area contributed by atoms with Crippen molar-refractivity contribution in [3.05, 3.63) is 71.8 Å². The van der Waals surface area contributed by atoms with Gasteiger partial charge in [0.15, 0.2) is 0 Å². The average Bonchev–Trinajstić information content (AvgIpc) is 2.53. The Morgan fingerprint density at radius 2 is 1.48 bits per heavy atom. The van der Waals surface area contributed by atoms with Crippen molar-refractivity contribution < 1.29 is 9.90 Å². The zero-order chi connectivity index (χ0) is 15.1. The van der Waals surface area contributed by atoms with Crippen LogP contribution in [0.1, 0.15) is 24.5 Å². The lowest BCUT2D eigenvalue weighted by Gasteiger charge is -2.30. The summed E-state index contributed by atoms with van der Waals surface area (Å²) in [6.45, 7) is 2.10. The lowest BCUT2D eigenvalue weighted by Crippen LogP contribution is -2.37. The fraction of sp³-hybridized carbons (Fsp3) is 0.278. The summed E-state index contributed by atoms with van der Waals surface area (Å²) in [6.07, 6.45) is 0.592. The van der Waals surface area contributed by atoms with E-state index in [0.29, 0.717) is 6.42 Å². The van der Waals surface area contributed by atoms with E-state index in [1.165, 1.54) is 0 Å². The quantitative estimate of drug-likeness (QED) is 0.779. The number of thioether (sulfide) groups is 1. The zero-order valence-electron chi connectivity index (χ0n) is 12.2. The fourth-order valence-corrected chi connectivity index (χ4v) is 3.36. The summed E-state index contributed by atoms with van der Waals surface area (Å²) in [5.41, 5.74) is 0.728. The molecule has 0 bridgehead atoms. The molecule has 3 heteroatoms. The van der Waals surface area contributed by atoms with Crippen molar-refractivity contribution in [3.63, 3.8) is 0 Å². The molecule has 0 aromatic heterocycles. The maximum atomic E-state index is 12.2. The summed E-state index contributed by atoms with van der Waals surface area (Å²) in [7, 11) is 0. The molecule has 0 radical (unpaired) electrons. The number of aliphatic carboxylic acids is 1. The Morgan fingerprint density at radius 1 is 1.00 bits per heavy atom. The highest BCUT2D eigenvalue weighted by Gasteiger charge is 2.41. The first-order valence-electron chi connectivity index (χ1n) is 7.14. The van der Waals surface area contributed by atoms with Crippen molar-refractivity contribution in [1.82, 2.24) is 0 Å². The third-order valence-electron chi connectivity index (χ3n) is 3.72. The van der Waals surface area contributed by atoms with Crippen molar-refractivity contribution in [1.29, 1.82) is 0 Å². The molecule has 2 nitrogen and oxygen atoms in total. The Kier molecular flexibility index (Phi) is 5.45. The lowest BCUT2D eigenvalue weighted by atomic mass is 9.72. The molecule has 0 unspecified atom stereocenters. The first kappa shape index (κ1) is 15.6. The van der Waals surface area contributed by atoms with Gasteiger partial charge in [-0.25, -0.2) is 0 Å². The molecule has 2 aromatic rings. The van der Waals surface area contributed by atoms with Crippen LogP contribution in [-0.4, -0.2) is 22.6 Å². The normalized spacial score (nSPS) is 11.3. The molecule has 1 N–H and O–H groups in total. The third-order valence-corrected chi connectivity index (χ3v) is 4.62. The number of carbonyl (C=O) groups is 1. The van der Waals surface area contributed by atoms with Crippen molar-refractivity contribution in [2.75, 3.05) is 11.5 Å². The van der Waals surface area contributed by atoms with Crippen LogP contribution in [0.25, 0.3) is 0 Å². The highest BCUT2D eigenvalue weighted by Crippen LogP contribution is 2.37. The molecule has 0 spiro atoms. The molecular formula is C18H20O2S. The van der Waals surface area contributed by atoms with Crippen molar-refractivity contribution in [2.24, 2.45) is 0 Å². The van der Waals surface area contributed by atoms with Gasteiger partial charge in [0.2, 0.25) is 0 Å². The van der Waals surface area contributed by atoms with Gasteiger partial charge < -0.3 is 5.11 Å². The maximum Gasteiger partial charge on any atom is 0.318 e. The fourth-order valence-electron chi connectivity index (χ4n) is 2.62. The van der Waals surface area contributed by atoms with Gasteiger partial charge in [0, 0.05) is 0 Å². The maximum absolute atomic E-state index is 12.2. The molecule has 0 aliphatic heterocycles. The average molecular weight is 300 g/mol. The second kappa shape index (κ2) is 7.32. The minimum absolute atomic E-state index is 0.592. The van der Waals surface area contributed by atoms with Crippen LogP contribution in [0, 0.1) is 0 Å². The number of rotatable bonds is 7. The first-order chi connectivity index (χ1) is 10.2. The summed E-state index contributed by atoms with van der Waals surface area (Å²) in [4.78, 5) is 12.2. The molecular weight excluding hydrogens is 280 g/mol. The molecule has 0 fully saturated rings. The SMILES string of the molecule is CCSCCC(C(=O)O)(c1ccccc1)c1ccccc1. The Labute approximate surface area is 130 Å². The van der Waals surface area contributed by atoms with Gasteiger partial charge in [0.05, 0.1) is 0 Å². The van der Waals surface area contributed by atoms with Gasteiger partial charge >= 0.3 is 5.97 Å². The van der Waals surface area contributed by atoms with Gasteiger partial charge in [0.25, 0.3) is 0 Å². The molecule has 2 rings (SSSR count). The van der Waals surface area contributed by atoms with Gasteiger partial charge in [-0.15, -0.1) is 0 Å². The molecule has 0 saturated carbocycles. The van der Waals surface area contributed by atoms with E-state index < -0.39 is 11.4 Å². The topological polar surface area (TPSA) is 37.3 Å². The van der Waals surface area contributed by atoms with Crippen LogP contribution in [0.5, 0.6) is 0 Å². The summed E-state index contributed by atoms with van der Waals surface area (Å²) < 4.78 is 0. The Balaban J connectivity index is 2.52. The predicted octanol–water partition coefficient (Wildman–Crippen LogP) is 4.20. The van der Waals surface area contributed by atoms with Crippen LogP contribution in [0.3, 0.4) is 0 Å². The summed E-state index contributed by atoms with van der Waals surface area (Å²) in [6, 6.07) is 19.1. The van der Waals surface area contributed by atoms with Crippen LogP contribution >= 0.6 is 11.8 Å². The van der Waals surface area contributed by atoms with Crippen molar-refractivity contribution in [3.8, 4) is 0 Å². The second-order valence-electron chi connectivity index (χ2n) is 4.89. The molecule has 0 aliphatic carbocycles. The first-order valence-corrected chi connectivity index (χ1v) is 8.29. The van der Waals surface area contributed by atoms with Gasteiger partial charge in [0.1, 0.15) is 5.41 Å². The number of carboxylic acid groups (broad SMARTS) is 1. The summed E-state index contributed by atoms with van der Waals surface area (Å²) in [5.74, 6) is 1.04. The van der Waals surface area contributed by atoms with Gasteiger partial charge in [-0.3, -0.25) is 4.79 Å². The zero-order valence-corrected chi connectivity index (χ0v) is 13.0. The molecule has 0 heterocycles. The highest BCUT2D eigenvalue weighted by atomic mass is 32.2. The molecule has 0 saturated heterocycles. The van der Waals surface area contributed by atoms with Crippen LogP contribution in [0.2, 0.25) is 0 Å². The van der Waals surface area contributed by atoms with Crippen LogP contribution in [0.4, 0.5) is 0 Å². The predicted molar refractivity (Wildman–Crippen MR) is 88.9 cm³/mol. The molecule has 0 atom stereocenters. The van der Waals surface area contributed by atoms with E-state index in [0.717, 1.165) is 22.6 Å². The Bertz CT molecular complexity index is 527. The van der Waals surface area contributed by atoms with E-state index in [4.69, 9.17) is 0 Å². The van der Waals surface area contributed by atoms with Crippen LogP contribution in [-0.2, 0) is 10.2 Å². The lowest BCUT2D eigenvalue weighted by molar-refractivity contribution is -0.142. The Morgan fingerprint density at radius 3 is 1.86 bits per heavy atom. The minimum atomic E-state index is -0.968. The highest BCUT2D eigenvalue weighted by molar-refractivity contribution is 7.99. The summed E-state index contributed by atoms with van der Waals surface area (Å²) >= 11 is 1.78. The number of benzene rings is 2. The molecule has 0 amide bonds. The van der Waals surface area contributed by atoms with E-state index in [-0.39, 0.29) is 0 Å². The standard InChI is InChI=1S/C18H20O2S/c1-2-21-14-13-18(17(19)20,15-9-5-3-6-10-15)16-11-7-4-8-12-16/h3-12H,2,13-14H2,1H3,(H,19,20). The van der Waals surface area contributed by atoms with Crippen LogP contribution < -0.4 is 0 Å². The largest absolute Gasteiger partial charge is 0.480 e. The summed E-state index contributed by atoms with van der Waals surface area (Å²) in [5, 5.41) is 10.0. The minimum Gasteiger partial charge on any atom is -0.480 e. The molecule has 110 valence electrons. The number of hydrogen-bond donors (Lipinski definition) is 1. The monoisotopic (exact) mass is 300 g/mol. The molecule has 21 heavy (non-hydrogen) atoms.